The van der Waals surface area contributed by atoms with Crippen LogP contribution in [-0.4, -0.2) is 110 Å². The molecule has 0 bridgehead atoms. The number of likely N-dealkylation sites (tertiary alicyclic amines) is 1. The second kappa shape index (κ2) is 16.5. The van der Waals surface area contributed by atoms with E-state index in [4.69, 9.17) is 0 Å². The quantitative estimate of drug-likeness (QED) is 0.200. The molecule has 5 N–H and O–H groups in total. The van der Waals surface area contributed by atoms with Crippen LogP contribution in [0.5, 0.6) is 0 Å². The smallest absolute Gasteiger partial charge is 0.315 e. The molecule has 1 aromatic heterocycles. The molecular weight excluding hydrogens is 672 g/mol. The van der Waals surface area contributed by atoms with Crippen molar-refractivity contribution < 1.29 is 36.4 Å². The number of halogens is 2. The summed E-state index contributed by atoms with van der Waals surface area (Å²) in [5, 5.41) is 11.6. The number of aromatic nitrogens is 1. The zero-order chi connectivity index (χ0) is 37.6. The van der Waals surface area contributed by atoms with Crippen LogP contribution < -0.4 is 21.3 Å². The van der Waals surface area contributed by atoms with Crippen molar-refractivity contribution in [3.05, 3.63) is 36.0 Å². The summed E-state index contributed by atoms with van der Waals surface area (Å²) in [6, 6.07) is 2.66. The molecule has 2 heterocycles. The number of sulfonamides is 1. The summed E-state index contributed by atoms with van der Waals surface area (Å²) in [7, 11) is -2.12. The van der Waals surface area contributed by atoms with Gasteiger partial charge >= 0.3 is 6.03 Å². The largest absolute Gasteiger partial charge is 0.361 e. The van der Waals surface area contributed by atoms with E-state index in [-0.39, 0.29) is 26.1 Å². The standard InChI is InChI=1S/C34H53F2N7O6S/c1-33(2,3)26(20-42(7)50(8,48)49)40-32(47)41-28(34(4,5)6)31(46)43-17-11-14-25(43)30(45)39-24(18-27(35)36)29(44)37-16-15-21-19-38-23-13-10-9-12-22(21)23/h9-10,12-13,19,24-28,38H,11,14-18,20H2,1-8H3,(H,37,44)(H,39,45)(H2,40,41,47)/t24-,25-,26+,28+/m0/s1. The highest BCUT2D eigenvalue weighted by molar-refractivity contribution is 7.88. The number of rotatable bonds is 14. The highest BCUT2D eigenvalue weighted by Gasteiger charge is 2.43. The first-order chi connectivity index (χ1) is 23.1. The minimum atomic E-state index is -3.53. The molecule has 0 aliphatic carbocycles. The van der Waals surface area contributed by atoms with Crippen molar-refractivity contribution in [1.29, 1.82) is 0 Å². The van der Waals surface area contributed by atoms with E-state index in [1.54, 1.807) is 20.8 Å². The Bertz CT molecular complexity index is 1620. The van der Waals surface area contributed by atoms with E-state index >= 15 is 0 Å². The molecule has 1 aliphatic rings. The number of fused-ring (bicyclic) bond motifs is 1. The Hall–Kier alpha value is -3.79. The van der Waals surface area contributed by atoms with Crippen LogP contribution in [-0.2, 0) is 30.8 Å². The number of amides is 5. The second-order valence-corrected chi connectivity index (χ2v) is 17.2. The summed E-state index contributed by atoms with van der Waals surface area (Å²) in [4.78, 5) is 58.3. The number of nitrogens with zero attached hydrogens (tertiary/aromatic N) is 2. The van der Waals surface area contributed by atoms with Gasteiger partial charge in [0, 0.05) is 56.2 Å². The van der Waals surface area contributed by atoms with Gasteiger partial charge in [0.25, 0.3) is 0 Å². The number of carbonyl (C=O) groups excluding carboxylic acids is 4. The summed E-state index contributed by atoms with van der Waals surface area (Å²) < 4.78 is 52.4. The van der Waals surface area contributed by atoms with E-state index in [9.17, 15) is 36.4 Å². The molecule has 0 radical (unpaired) electrons. The number of H-pyrrole nitrogens is 1. The molecule has 280 valence electrons. The van der Waals surface area contributed by atoms with Crippen molar-refractivity contribution in [1.82, 2.24) is 35.5 Å². The molecule has 0 spiro atoms. The fourth-order valence-electron chi connectivity index (χ4n) is 5.84. The van der Waals surface area contributed by atoms with Gasteiger partial charge in [-0.3, -0.25) is 14.4 Å². The van der Waals surface area contributed by atoms with Gasteiger partial charge < -0.3 is 31.2 Å². The zero-order valence-corrected chi connectivity index (χ0v) is 31.0. The average molecular weight is 726 g/mol. The molecule has 0 unspecified atom stereocenters. The van der Waals surface area contributed by atoms with Crippen LogP contribution in [0, 0.1) is 10.8 Å². The fourth-order valence-corrected chi connectivity index (χ4v) is 6.26. The third kappa shape index (κ3) is 11.1. The van der Waals surface area contributed by atoms with E-state index in [1.807, 2.05) is 51.2 Å². The van der Waals surface area contributed by atoms with E-state index in [0.29, 0.717) is 12.8 Å². The van der Waals surface area contributed by atoms with Crippen LogP contribution in [0.2, 0.25) is 0 Å². The van der Waals surface area contributed by atoms with Crippen LogP contribution in [0.25, 0.3) is 10.9 Å². The molecule has 16 heteroatoms. The van der Waals surface area contributed by atoms with Crippen molar-refractivity contribution >= 4 is 44.7 Å². The van der Waals surface area contributed by atoms with Crippen molar-refractivity contribution in [3.63, 3.8) is 0 Å². The van der Waals surface area contributed by atoms with Gasteiger partial charge in [-0.25, -0.2) is 26.3 Å². The molecule has 13 nitrogen and oxygen atoms in total. The van der Waals surface area contributed by atoms with Gasteiger partial charge in [-0.05, 0) is 41.7 Å². The number of carbonyl (C=O) groups is 4. The lowest BCUT2D eigenvalue weighted by Gasteiger charge is -2.37. The summed E-state index contributed by atoms with van der Waals surface area (Å²) in [5.41, 5.74) is 0.513. The summed E-state index contributed by atoms with van der Waals surface area (Å²) in [5.74, 6) is -2.03. The number of hydrogen-bond acceptors (Lipinski definition) is 6. The molecule has 1 aromatic carbocycles. The lowest BCUT2D eigenvalue weighted by molar-refractivity contribution is -0.142. The topological polar surface area (TPSA) is 173 Å². The summed E-state index contributed by atoms with van der Waals surface area (Å²) in [6.45, 7) is 11.1. The lowest BCUT2D eigenvalue weighted by Crippen LogP contribution is -2.62. The summed E-state index contributed by atoms with van der Waals surface area (Å²) in [6.07, 6.45) is 0.254. The average Bonchev–Trinajstić information content (AvgIpc) is 3.65. The highest BCUT2D eigenvalue weighted by atomic mass is 32.2. The first kappa shape index (κ1) is 40.6. The van der Waals surface area contributed by atoms with Crippen molar-refractivity contribution in [2.75, 3.05) is 32.9 Å². The number of benzene rings is 1. The zero-order valence-electron chi connectivity index (χ0n) is 30.2. The predicted molar refractivity (Wildman–Crippen MR) is 188 cm³/mol. The minimum absolute atomic E-state index is 0.00531. The van der Waals surface area contributed by atoms with E-state index in [2.05, 4.69) is 26.3 Å². The molecule has 1 fully saturated rings. The number of urea groups is 1. The molecule has 4 atom stereocenters. The minimum Gasteiger partial charge on any atom is -0.361 e. The van der Waals surface area contributed by atoms with Crippen LogP contribution in [0.4, 0.5) is 13.6 Å². The van der Waals surface area contributed by atoms with E-state index in [0.717, 1.165) is 27.0 Å². The SMILES string of the molecule is CN(C[C@@H](NC(=O)N[C@H](C(=O)N1CCC[C@H]1C(=O)N[C@@H](CC(F)F)C(=O)NCCc1c[nH]c2ccccc12)C(C)(C)C)C(C)(C)C)S(C)(=O)=O. The summed E-state index contributed by atoms with van der Waals surface area (Å²) >= 11 is 0. The maximum atomic E-state index is 14.0. The number of hydrogen-bond donors (Lipinski definition) is 5. The number of nitrogens with one attached hydrogen (secondary N) is 5. The molecule has 3 rings (SSSR count). The Labute approximate surface area is 293 Å². The third-order valence-corrected chi connectivity index (χ3v) is 10.3. The van der Waals surface area contributed by atoms with Gasteiger partial charge in [0.15, 0.2) is 0 Å². The Morgan fingerprint density at radius 1 is 1.02 bits per heavy atom. The van der Waals surface area contributed by atoms with Gasteiger partial charge in [0.05, 0.1) is 6.26 Å². The van der Waals surface area contributed by atoms with Crippen LogP contribution in [0.15, 0.2) is 30.5 Å². The third-order valence-electron chi connectivity index (χ3n) is 9.00. The van der Waals surface area contributed by atoms with Gasteiger partial charge in [0.2, 0.25) is 34.2 Å². The molecule has 1 saturated heterocycles. The normalized spacial score (nSPS) is 17.4. The number of alkyl halides is 2. The van der Waals surface area contributed by atoms with Crippen LogP contribution >= 0.6 is 0 Å². The Morgan fingerprint density at radius 3 is 2.28 bits per heavy atom. The Balaban J connectivity index is 1.69. The van der Waals surface area contributed by atoms with Gasteiger partial charge in [-0.1, -0.05) is 59.7 Å². The van der Waals surface area contributed by atoms with Gasteiger partial charge in [-0.15, -0.1) is 0 Å². The first-order valence-electron chi connectivity index (χ1n) is 16.8. The van der Waals surface area contributed by atoms with Crippen molar-refractivity contribution in [2.24, 2.45) is 10.8 Å². The predicted octanol–water partition coefficient (Wildman–Crippen LogP) is 2.98. The Kier molecular flexibility index (Phi) is 13.4. The highest BCUT2D eigenvalue weighted by Crippen LogP contribution is 2.27. The molecule has 5 amide bonds. The lowest BCUT2D eigenvalue weighted by atomic mass is 9.85. The number of para-hydroxylation sites is 1. The van der Waals surface area contributed by atoms with Gasteiger partial charge in [0.1, 0.15) is 18.1 Å². The Morgan fingerprint density at radius 2 is 1.68 bits per heavy atom. The molecule has 50 heavy (non-hydrogen) atoms. The van der Waals surface area contributed by atoms with E-state index in [1.165, 1.54) is 11.9 Å². The number of aromatic amines is 1. The van der Waals surface area contributed by atoms with Crippen LogP contribution in [0.3, 0.4) is 0 Å². The fraction of sp³-hybridized carbons (Fsp3) is 0.647. The second-order valence-electron chi connectivity index (χ2n) is 15.2. The molecule has 0 saturated carbocycles. The molecule has 1 aliphatic heterocycles. The monoisotopic (exact) mass is 725 g/mol. The van der Waals surface area contributed by atoms with Gasteiger partial charge in [-0.2, -0.15) is 0 Å². The van der Waals surface area contributed by atoms with Crippen molar-refractivity contribution in [2.45, 2.75) is 97.8 Å². The maximum Gasteiger partial charge on any atom is 0.315 e. The van der Waals surface area contributed by atoms with Crippen LogP contribution in [0.1, 0.15) is 66.4 Å². The first-order valence-corrected chi connectivity index (χ1v) is 18.6. The number of likely N-dealkylation sites (N-methyl/N-ethyl adjacent to an activating group) is 1. The molecule has 2 aromatic rings. The maximum absolute atomic E-state index is 14.0. The van der Waals surface area contributed by atoms with E-state index < -0.39 is 81.6 Å². The molecular formula is C34H53F2N7O6S. The van der Waals surface area contributed by atoms with Crippen molar-refractivity contribution in [3.8, 4) is 0 Å².